The van der Waals surface area contributed by atoms with Gasteiger partial charge in [-0.1, -0.05) is 15.9 Å². The topological polar surface area (TPSA) is 35.5 Å². The molecule has 98 valence electrons. The van der Waals surface area contributed by atoms with Crippen LogP contribution >= 0.6 is 15.9 Å². The van der Waals surface area contributed by atoms with E-state index in [1.807, 2.05) is 39.0 Å². The van der Waals surface area contributed by atoms with Crippen LogP contribution in [-0.2, 0) is 16.0 Å². The zero-order chi connectivity index (χ0) is 13.3. The van der Waals surface area contributed by atoms with Gasteiger partial charge in [0.25, 0.3) is 0 Å². The van der Waals surface area contributed by atoms with Crippen molar-refractivity contribution in [2.24, 2.45) is 0 Å². The van der Waals surface area contributed by atoms with Crippen molar-refractivity contribution in [3.8, 4) is 5.75 Å². The fourth-order valence-corrected chi connectivity index (χ4v) is 2.30. The average molecular weight is 313 g/mol. The molecule has 0 saturated carbocycles. The number of benzene rings is 1. The predicted octanol–water partition coefficient (Wildman–Crippen LogP) is 3.48. The van der Waals surface area contributed by atoms with Crippen molar-refractivity contribution in [2.45, 2.75) is 45.3 Å². The van der Waals surface area contributed by atoms with E-state index in [4.69, 9.17) is 9.47 Å². The van der Waals surface area contributed by atoms with E-state index in [0.29, 0.717) is 6.42 Å². The van der Waals surface area contributed by atoms with E-state index < -0.39 is 11.7 Å². The number of carbonyl (C=O) groups is 1. The summed E-state index contributed by atoms with van der Waals surface area (Å²) in [5.41, 5.74) is 0.657. The molecular weight excluding hydrogens is 296 g/mol. The number of hydrogen-bond acceptors (Lipinski definition) is 3. The second-order valence-electron chi connectivity index (χ2n) is 5.43. The Bertz CT molecular complexity index is 463. The SMILES string of the molecule is CC(C)(C)OC(=O)C1CCc2cc(Br)ccc2O1. The minimum atomic E-state index is -0.488. The number of aryl methyl sites for hydroxylation is 1. The highest BCUT2D eigenvalue weighted by Gasteiger charge is 2.30. The van der Waals surface area contributed by atoms with Crippen LogP contribution in [0.1, 0.15) is 32.8 Å². The smallest absolute Gasteiger partial charge is 0.347 e. The van der Waals surface area contributed by atoms with E-state index in [1.165, 1.54) is 0 Å². The molecule has 1 aliphatic heterocycles. The summed E-state index contributed by atoms with van der Waals surface area (Å²) >= 11 is 3.43. The van der Waals surface area contributed by atoms with Gasteiger partial charge in [-0.25, -0.2) is 4.79 Å². The van der Waals surface area contributed by atoms with Crippen LogP contribution in [0.25, 0.3) is 0 Å². The van der Waals surface area contributed by atoms with Gasteiger partial charge in [-0.15, -0.1) is 0 Å². The standard InChI is InChI=1S/C14H17BrO3/c1-14(2,3)18-13(16)12-6-4-9-8-10(15)5-7-11(9)17-12/h5,7-8,12H,4,6H2,1-3H3. The van der Waals surface area contributed by atoms with Crippen LogP contribution in [-0.4, -0.2) is 17.7 Å². The Hall–Kier alpha value is -1.03. The molecule has 0 bridgehead atoms. The minimum absolute atomic E-state index is 0.281. The highest BCUT2D eigenvalue weighted by molar-refractivity contribution is 9.10. The van der Waals surface area contributed by atoms with Crippen molar-refractivity contribution in [1.82, 2.24) is 0 Å². The van der Waals surface area contributed by atoms with Gasteiger partial charge in [0.05, 0.1) is 0 Å². The highest BCUT2D eigenvalue weighted by atomic mass is 79.9. The minimum Gasteiger partial charge on any atom is -0.478 e. The molecule has 2 rings (SSSR count). The molecule has 1 aliphatic rings. The molecule has 1 aromatic carbocycles. The van der Waals surface area contributed by atoms with Crippen molar-refractivity contribution < 1.29 is 14.3 Å². The Balaban J connectivity index is 2.08. The lowest BCUT2D eigenvalue weighted by molar-refractivity contribution is -0.164. The molecule has 0 aromatic heterocycles. The second kappa shape index (κ2) is 4.92. The first kappa shape index (κ1) is 13.4. The predicted molar refractivity (Wildman–Crippen MR) is 72.7 cm³/mol. The van der Waals surface area contributed by atoms with Crippen LogP contribution in [0.5, 0.6) is 5.75 Å². The van der Waals surface area contributed by atoms with Crippen molar-refractivity contribution in [3.05, 3.63) is 28.2 Å². The van der Waals surface area contributed by atoms with Gasteiger partial charge in [0.15, 0.2) is 6.10 Å². The van der Waals surface area contributed by atoms with Gasteiger partial charge < -0.3 is 9.47 Å². The van der Waals surface area contributed by atoms with Crippen molar-refractivity contribution >= 4 is 21.9 Å². The first-order chi connectivity index (χ1) is 8.35. The first-order valence-electron chi connectivity index (χ1n) is 6.03. The lowest BCUT2D eigenvalue weighted by Gasteiger charge is -2.28. The van der Waals surface area contributed by atoms with E-state index in [-0.39, 0.29) is 5.97 Å². The monoisotopic (exact) mass is 312 g/mol. The van der Waals surface area contributed by atoms with Crippen LogP contribution in [0.4, 0.5) is 0 Å². The van der Waals surface area contributed by atoms with Crippen LogP contribution < -0.4 is 4.74 Å². The highest BCUT2D eigenvalue weighted by Crippen LogP contribution is 2.30. The van der Waals surface area contributed by atoms with E-state index >= 15 is 0 Å². The van der Waals surface area contributed by atoms with Crippen molar-refractivity contribution in [1.29, 1.82) is 0 Å². The Morgan fingerprint density at radius 1 is 1.44 bits per heavy atom. The molecule has 1 heterocycles. The summed E-state index contributed by atoms with van der Waals surface area (Å²) in [6, 6.07) is 5.83. The summed E-state index contributed by atoms with van der Waals surface area (Å²) in [5.74, 6) is 0.497. The van der Waals surface area contributed by atoms with Gasteiger partial charge in [0, 0.05) is 4.47 Å². The molecular formula is C14H17BrO3. The number of carbonyl (C=O) groups excluding carboxylic acids is 1. The third-order valence-electron chi connectivity index (χ3n) is 2.64. The molecule has 0 fully saturated rings. The van der Waals surface area contributed by atoms with Gasteiger partial charge in [-0.3, -0.25) is 0 Å². The molecule has 0 amide bonds. The number of rotatable bonds is 1. The van der Waals surface area contributed by atoms with Crippen LogP contribution in [0.3, 0.4) is 0 Å². The van der Waals surface area contributed by atoms with Crippen LogP contribution in [0.2, 0.25) is 0 Å². The molecule has 1 atom stereocenters. The number of halogens is 1. The fourth-order valence-electron chi connectivity index (χ4n) is 1.89. The number of fused-ring (bicyclic) bond motifs is 1. The molecule has 4 heteroatoms. The second-order valence-corrected chi connectivity index (χ2v) is 6.35. The summed E-state index contributed by atoms with van der Waals surface area (Å²) in [5, 5.41) is 0. The Kier molecular flexibility index (Phi) is 3.66. The summed E-state index contributed by atoms with van der Waals surface area (Å²) in [6.07, 6.45) is 1.01. The fraction of sp³-hybridized carbons (Fsp3) is 0.500. The third-order valence-corrected chi connectivity index (χ3v) is 3.13. The third kappa shape index (κ3) is 3.25. The Morgan fingerprint density at radius 3 is 2.83 bits per heavy atom. The zero-order valence-electron chi connectivity index (χ0n) is 10.8. The first-order valence-corrected chi connectivity index (χ1v) is 6.82. The van der Waals surface area contributed by atoms with E-state index in [9.17, 15) is 4.79 Å². The summed E-state index contributed by atoms with van der Waals surface area (Å²) in [6.45, 7) is 5.58. The van der Waals surface area contributed by atoms with Crippen LogP contribution in [0, 0.1) is 0 Å². The maximum Gasteiger partial charge on any atom is 0.347 e. The molecule has 3 nitrogen and oxygen atoms in total. The van der Waals surface area contributed by atoms with E-state index in [1.54, 1.807) is 0 Å². The number of ether oxygens (including phenoxy) is 2. The Morgan fingerprint density at radius 2 is 2.17 bits per heavy atom. The zero-order valence-corrected chi connectivity index (χ0v) is 12.4. The summed E-state index contributed by atoms with van der Waals surface area (Å²) in [7, 11) is 0. The van der Waals surface area contributed by atoms with E-state index in [2.05, 4.69) is 15.9 Å². The lowest BCUT2D eigenvalue weighted by atomic mass is 10.0. The normalized spacial score (nSPS) is 18.8. The molecule has 0 aliphatic carbocycles. The van der Waals surface area contributed by atoms with Gasteiger partial charge in [0.1, 0.15) is 11.4 Å². The van der Waals surface area contributed by atoms with Gasteiger partial charge >= 0.3 is 5.97 Å². The maximum atomic E-state index is 11.9. The van der Waals surface area contributed by atoms with Gasteiger partial charge in [-0.05, 0) is 57.4 Å². The molecule has 0 N–H and O–H groups in total. The number of hydrogen-bond donors (Lipinski definition) is 0. The number of esters is 1. The summed E-state index contributed by atoms with van der Waals surface area (Å²) < 4.78 is 12.1. The van der Waals surface area contributed by atoms with Gasteiger partial charge in [-0.2, -0.15) is 0 Å². The van der Waals surface area contributed by atoms with Crippen molar-refractivity contribution in [3.63, 3.8) is 0 Å². The van der Waals surface area contributed by atoms with E-state index in [0.717, 1.165) is 22.2 Å². The molecule has 1 unspecified atom stereocenters. The molecule has 1 aromatic rings. The Labute approximate surface area is 116 Å². The van der Waals surface area contributed by atoms with Crippen LogP contribution in [0.15, 0.2) is 22.7 Å². The lowest BCUT2D eigenvalue weighted by Crippen LogP contribution is -2.37. The average Bonchev–Trinajstić information content (AvgIpc) is 2.26. The summed E-state index contributed by atoms with van der Waals surface area (Å²) in [4.78, 5) is 11.9. The molecule has 0 saturated heterocycles. The molecule has 18 heavy (non-hydrogen) atoms. The maximum absolute atomic E-state index is 11.9. The molecule has 0 spiro atoms. The van der Waals surface area contributed by atoms with Crippen molar-refractivity contribution in [2.75, 3.05) is 0 Å². The molecule has 0 radical (unpaired) electrons. The largest absolute Gasteiger partial charge is 0.478 e. The quantitative estimate of drug-likeness (QED) is 0.745. The van der Waals surface area contributed by atoms with Gasteiger partial charge in [0.2, 0.25) is 0 Å².